The fourth-order valence-corrected chi connectivity index (χ4v) is 2.91. The summed E-state index contributed by atoms with van der Waals surface area (Å²) in [7, 11) is 2.10. The lowest BCUT2D eigenvalue weighted by atomic mass is 10.0. The highest BCUT2D eigenvalue weighted by Crippen LogP contribution is 2.44. The molecule has 4 aliphatic heterocycles. The second-order valence-corrected chi connectivity index (χ2v) is 3.98. The molecule has 4 heterocycles. The minimum Gasteiger partial charge on any atom is -0.389 e. The summed E-state index contributed by atoms with van der Waals surface area (Å²) in [6, 6.07) is 0.895. The van der Waals surface area contributed by atoms with E-state index in [-0.39, 0.29) is 12.2 Å². The van der Waals surface area contributed by atoms with Crippen LogP contribution in [0.4, 0.5) is 0 Å². The number of ether oxygens (including phenoxy) is 1. The van der Waals surface area contributed by atoms with Gasteiger partial charge in [-0.3, -0.25) is 4.90 Å². The summed E-state index contributed by atoms with van der Waals surface area (Å²) in [5.41, 5.74) is 0. The number of hydrogen-bond acceptors (Lipinski definition) is 3. The van der Waals surface area contributed by atoms with Gasteiger partial charge in [-0.05, 0) is 19.9 Å². The third-order valence-electron chi connectivity index (χ3n) is 3.51. The first-order valence-electron chi connectivity index (χ1n) is 4.33. The molecule has 62 valence electrons. The van der Waals surface area contributed by atoms with E-state index in [4.69, 9.17) is 4.74 Å². The normalized spacial score (nSPS) is 61.1. The molecule has 4 fully saturated rings. The molecule has 0 unspecified atom stereocenters. The summed E-state index contributed by atoms with van der Waals surface area (Å²) in [6.07, 6.45) is 2.53. The average molecular weight is 155 g/mol. The van der Waals surface area contributed by atoms with Crippen molar-refractivity contribution in [3.8, 4) is 0 Å². The summed E-state index contributed by atoms with van der Waals surface area (Å²) in [6.45, 7) is 0. The lowest BCUT2D eigenvalue weighted by molar-refractivity contribution is -0.0758. The molecule has 0 radical (unpaired) electrons. The molecule has 0 aromatic carbocycles. The molecule has 0 aliphatic carbocycles. The summed E-state index contributed by atoms with van der Waals surface area (Å²) in [4.78, 5) is 2.29. The number of aliphatic hydroxyl groups is 1. The van der Waals surface area contributed by atoms with Crippen molar-refractivity contribution in [2.45, 2.75) is 43.2 Å². The van der Waals surface area contributed by atoms with Gasteiger partial charge in [0.1, 0.15) is 6.10 Å². The maximum atomic E-state index is 9.71. The largest absolute Gasteiger partial charge is 0.389 e. The van der Waals surface area contributed by atoms with Gasteiger partial charge in [0, 0.05) is 12.1 Å². The minimum atomic E-state index is -0.219. The van der Waals surface area contributed by atoms with Crippen molar-refractivity contribution in [3.63, 3.8) is 0 Å². The van der Waals surface area contributed by atoms with Gasteiger partial charge in [-0.15, -0.1) is 0 Å². The Morgan fingerprint density at radius 2 is 2.09 bits per heavy atom. The highest BCUT2D eigenvalue weighted by Gasteiger charge is 2.57. The van der Waals surface area contributed by atoms with Gasteiger partial charge < -0.3 is 9.84 Å². The second-order valence-electron chi connectivity index (χ2n) is 3.98. The topological polar surface area (TPSA) is 32.7 Å². The van der Waals surface area contributed by atoms with Crippen molar-refractivity contribution in [2.24, 2.45) is 0 Å². The maximum Gasteiger partial charge on any atom is 0.101 e. The Morgan fingerprint density at radius 1 is 1.36 bits per heavy atom. The first-order chi connectivity index (χ1) is 5.27. The SMILES string of the molecule is CN1[C@@H]2C[C@@H]3C[C@H]1[C@@H](O3)[C@H]2O. The van der Waals surface area contributed by atoms with E-state index in [2.05, 4.69) is 11.9 Å². The Balaban J connectivity index is 2.00. The summed E-state index contributed by atoms with van der Waals surface area (Å²) in [5.74, 6) is 0. The Labute approximate surface area is 65.9 Å². The number of hydrogen-bond donors (Lipinski definition) is 1. The Bertz CT molecular complexity index is 175. The van der Waals surface area contributed by atoms with Crippen LogP contribution in [0, 0.1) is 0 Å². The molecule has 4 saturated heterocycles. The Kier molecular flexibility index (Phi) is 1.04. The Morgan fingerprint density at radius 3 is 2.73 bits per heavy atom. The van der Waals surface area contributed by atoms with Crippen molar-refractivity contribution < 1.29 is 9.84 Å². The predicted molar refractivity (Wildman–Crippen MR) is 39.2 cm³/mol. The highest BCUT2D eigenvalue weighted by molar-refractivity contribution is 5.10. The zero-order valence-electron chi connectivity index (χ0n) is 6.60. The van der Waals surface area contributed by atoms with Crippen molar-refractivity contribution in [1.82, 2.24) is 4.90 Å². The van der Waals surface area contributed by atoms with Crippen LogP contribution in [-0.2, 0) is 4.74 Å². The molecule has 0 aromatic heterocycles. The minimum absolute atomic E-state index is 0.128. The molecule has 11 heavy (non-hydrogen) atoms. The van der Waals surface area contributed by atoms with Crippen LogP contribution in [0.3, 0.4) is 0 Å². The van der Waals surface area contributed by atoms with Gasteiger partial charge >= 0.3 is 0 Å². The molecule has 3 nitrogen and oxygen atoms in total. The molecule has 1 N–H and O–H groups in total. The molecule has 0 amide bonds. The van der Waals surface area contributed by atoms with E-state index in [0.717, 1.165) is 12.8 Å². The molecule has 4 rings (SSSR count). The van der Waals surface area contributed by atoms with E-state index in [1.165, 1.54) is 0 Å². The summed E-state index contributed by atoms with van der Waals surface area (Å²) < 4.78 is 5.64. The first kappa shape index (κ1) is 6.40. The molecule has 0 saturated carbocycles. The molecule has 3 heteroatoms. The average Bonchev–Trinajstić information content (AvgIpc) is 2.39. The van der Waals surface area contributed by atoms with Gasteiger partial charge in [0.2, 0.25) is 0 Å². The van der Waals surface area contributed by atoms with E-state index in [0.29, 0.717) is 18.2 Å². The van der Waals surface area contributed by atoms with Crippen LogP contribution in [0.5, 0.6) is 0 Å². The molecule has 4 bridgehead atoms. The van der Waals surface area contributed by atoms with E-state index in [1.54, 1.807) is 0 Å². The lowest BCUT2D eigenvalue weighted by Gasteiger charge is -2.33. The van der Waals surface area contributed by atoms with Crippen LogP contribution in [0.2, 0.25) is 0 Å². The number of likely N-dealkylation sites (N-methyl/N-ethyl adjacent to an activating group) is 1. The van der Waals surface area contributed by atoms with Gasteiger partial charge in [-0.2, -0.15) is 0 Å². The molecule has 5 atom stereocenters. The number of nitrogens with zero attached hydrogens (tertiary/aromatic N) is 1. The zero-order chi connectivity index (χ0) is 7.59. The van der Waals surface area contributed by atoms with E-state index < -0.39 is 0 Å². The number of aliphatic hydroxyl groups excluding tert-OH is 1. The van der Waals surface area contributed by atoms with Crippen molar-refractivity contribution in [2.75, 3.05) is 7.05 Å². The monoisotopic (exact) mass is 155 g/mol. The molecule has 4 aliphatic rings. The molecular formula is C8H13NO2. The van der Waals surface area contributed by atoms with Gasteiger partial charge in [0.25, 0.3) is 0 Å². The van der Waals surface area contributed by atoms with Crippen LogP contribution in [0.1, 0.15) is 12.8 Å². The van der Waals surface area contributed by atoms with Crippen LogP contribution in [-0.4, -0.2) is 47.4 Å². The van der Waals surface area contributed by atoms with E-state index >= 15 is 0 Å². The fraction of sp³-hybridized carbons (Fsp3) is 1.00. The van der Waals surface area contributed by atoms with Gasteiger partial charge in [-0.25, -0.2) is 0 Å². The summed E-state index contributed by atoms with van der Waals surface area (Å²) >= 11 is 0. The van der Waals surface area contributed by atoms with E-state index in [1.807, 2.05) is 0 Å². The zero-order valence-corrected chi connectivity index (χ0v) is 6.60. The first-order valence-corrected chi connectivity index (χ1v) is 4.33. The quantitative estimate of drug-likeness (QED) is 0.516. The van der Waals surface area contributed by atoms with Crippen LogP contribution < -0.4 is 0 Å². The summed E-state index contributed by atoms with van der Waals surface area (Å²) in [5, 5.41) is 9.71. The number of rotatable bonds is 0. The predicted octanol–water partition coefficient (Wildman–Crippen LogP) is -0.409. The van der Waals surface area contributed by atoms with Gasteiger partial charge in [0.15, 0.2) is 0 Å². The van der Waals surface area contributed by atoms with Crippen molar-refractivity contribution >= 4 is 0 Å². The standard InChI is InChI=1S/C8H13NO2/c1-9-5-2-4-3-6(9)8(11-4)7(5)10/h4-8,10H,2-3H2,1H3/t4-,5-,6+,7+,8-/m1/s1. The molecular weight excluding hydrogens is 142 g/mol. The number of piperidine rings is 1. The Hall–Kier alpha value is -0.120. The van der Waals surface area contributed by atoms with Gasteiger partial charge in [-0.1, -0.05) is 0 Å². The molecule has 0 aromatic rings. The van der Waals surface area contributed by atoms with Crippen molar-refractivity contribution in [3.05, 3.63) is 0 Å². The van der Waals surface area contributed by atoms with E-state index in [9.17, 15) is 5.11 Å². The smallest absolute Gasteiger partial charge is 0.101 e. The molecule has 0 spiro atoms. The van der Waals surface area contributed by atoms with Crippen molar-refractivity contribution in [1.29, 1.82) is 0 Å². The lowest BCUT2D eigenvalue weighted by Crippen LogP contribution is -2.44. The fourth-order valence-electron chi connectivity index (χ4n) is 2.91. The second kappa shape index (κ2) is 1.79. The maximum absolute atomic E-state index is 9.71. The van der Waals surface area contributed by atoms with Crippen LogP contribution >= 0.6 is 0 Å². The van der Waals surface area contributed by atoms with Crippen LogP contribution in [0.15, 0.2) is 0 Å². The highest BCUT2D eigenvalue weighted by atomic mass is 16.5. The van der Waals surface area contributed by atoms with Crippen LogP contribution in [0.25, 0.3) is 0 Å². The third-order valence-corrected chi connectivity index (χ3v) is 3.51. The third kappa shape index (κ3) is 0.604. The van der Waals surface area contributed by atoms with Gasteiger partial charge in [0.05, 0.1) is 12.2 Å².